The van der Waals surface area contributed by atoms with Crippen molar-refractivity contribution < 1.29 is 4.39 Å². The fourth-order valence-corrected chi connectivity index (χ4v) is 2.70. The van der Waals surface area contributed by atoms with E-state index in [0.29, 0.717) is 0 Å². The largest absolute Gasteiger partial charge is 0.369 e. The van der Waals surface area contributed by atoms with E-state index in [2.05, 4.69) is 46.0 Å². The van der Waals surface area contributed by atoms with Gasteiger partial charge in [0, 0.05) is 50.7 Å². The lowest BCUT2D eigenvalue weighted by Crippen LogP contribution is -2.46. The van der Waals surface area contributed by atoms with Gasteiger partial charge in [-0.1, -0.05) is 29.8 Å². The van der Waals surface area contributed by atoms with Crippen LogP contribution in [0.5, 0.6) is 0 Å². The van der Waals surface area contributed by atoms with Crippen LogP contribution in [0.3, 0.4) is 0 Å². The van der Waals surface area contributed by atoms with Gasteiger partial charge in [-0.3, -0.25) is 4.90 Å². The van der Waals surface area contributed by atoms with Gasteiger partial charge < -0.3 is 4.90 Å². The molecule has 0 amide bonds. The minimum atomic E-state index is -0.408. The van der Waals surface area contributed by atoms with Crippen molar-refractivity contribution >= 4 is 5.69 Å². The number of hydrogen-bond acceptors (Lipinski definition) is 3. The highest BCUT2D eigenvalue weighted by Gasteiger charge is 2.17. The Kier molecular flexibility index (Phi) is 4.15. The normalized spacial score (nSPS) is 16.2. The van der Waals surface area contributed by atoms with Crippen LogP contribution in [0.1, 0.15) is 11.1 Å². The Bertz CT molecular complexity index is 589. The van der Waals surface area contributed by atoms with E-state index in [9.17, 15) is 4.39 Å². The number of aromatic nitrogens is 1. The summed E-state index contributed by atoms with van der Waals surface area (Å²) in [5.41, 5.74) is 3.57. The lowest BCUT2D eigenvalue weighted by atomic mass is 10.1. The predicted octanol–water partition coefficient (Wildman–Crippen LogP) is 2.85. The van der Waals surface area contributed by atoms with Crippen molar-refractivity contribution in [2.45, 2.75) is 13.5 Å². The van der Waals surface area contributed by atoms with Gasteiger partial charge in [0.2, 0.25) is 5.95 Å². The van der Waals surface area contributed by atoms with E-state index in [-0.39, 0.29) is 0 Å². The number of hydrogen-bond donors (Lipinski definition) is 0. The summed E-state index contributed by atoms with van der Waals surface area (Å²) >= 11 is 0. The first kappa shape index (κ1) is 14.0. The molecule has 1 aliphatic heterocycles. The Morgan fingerprint density at radius 2 is 1.76 bits per heavy atom. The standard InChI is InChI=1S/C17H20FN3/c1-14-2-4-15(5-3-14)13-20-8-10-21(11-9-20)16-6-7-19-17(18)12-16/h2-7,12H,8-11,13H2,1H3. The Labute approximate surface area is 125 Å². The first-order chi connectivity index (χ1) is 10.2. The molecule has 1 fully saturated rings. The van der Waals surface area contributed by atoms with Gasteiger partial charge in [0.1, 0.15) is 0 Å². The second-order valence-electron chi connectivity index (χ2n) is 5.59. The zero-order valence-electron chi connectivity index (χ0n) is 12.3. The van der Waals surface area contributed by atoms with E-state index in [0.717, 1.165) is 38.4 Å². The summed E-state index contributed by atoms with van der Waals surface area (Å²) in [6, 6.07) is 12.1. The summed E-state index contributed by atoms with van der Waals surface area (Å²) < 4.78 is 13.2. The van der Waals surface area contributed by atoms with Crippen LogP contribution < -0.4 is 4.90 Å². The quantitative estimate of drug-likeness (QED) is 0.808. The van der Waals surface area contributed by atoms with Gasteiger partial charge in [-0.25, -0.2) is 4.98 Å². The van der Waals surface area contributed by atoms with Crippen LogP contribution in [0.15, 0.2) is 42.6 Å². The van der Waals surface area contributed by atoms with E-state index in [1.165, 1.54) is 23.4 Å². The van der Waals surface area contributed by atoms with Gasteiger partial charge >= 0.3 is 0 Å². The highest BCUT2D eigenvalue weighted by atomic mass is 19.1. The monoisotopic (exact) mass is 285 g/mol. The number of anilines is 1. The molecule has 0 radical (unpaired) electrons. The molecular weight excluding hydrogens is 265 g/mol. The Morgan fingerprint density at radius 3 is 2.43 bits per heavy atom. The summed E-state index contributed by atoms with van der Waals surface area (Å²) in [7, 11) is 0. The molecule has 2 aromatic rings. The van der Waals surface area contributed by atoms with Crippen LogP contribution in [-0.2, 0) is 6.54 Å². The highest BCUT2D eigenvalue weighted by Crippen LogP contribution is 2.17. The van der Waals surface area contributed by atoms with Gasteiger partial charge in [0.05, 0.1) is 0 Å². The summed E-state index contributed by atoms with van der Waals surface area (Å²) in [4.78, 5) is 8.27. The number of nitrogens with zero attached hydrogens (tertiary/aromatic N) is 3. The SMILES string of the molecule is Cc1ccc(CN2CCN(c3ccnc(F)c3)CC2)cc1. The maximum absolute atomic E-state index is 13.2. The molecule has 1 aromatic heterocycles. The van der Waals surface area contributed by atoms with Gasteiger partial charge in [0.15, 0.2) is 0 Å². The maximum Gasteiger partial charge on any atom is 0.214 e. The molecule has 3 nitrogen and oxygen atoms in total. The van der Waals surface area contributed by atoms with Crippen LogP contribution in [-0.4, -0.2) is 36.1 Å². The second-order valence-corrected chi connectivity index (χ2v) is 5.59. The van der Waals surface area contributed by atoms with Gasteiger partial charge in [-0.05, 0) is 18.6 Å². The number of aryl methyl sites for hydroxylation is 1. The van der Waals surface area contributed by atoms with Crippen molar-refractivity contribution in [1.82, 2.24) is 9.88 Å². The third kappa shape index (κ3) is 3.58. The van der Waals surface area contributed by atoms with Crippen molar-refractivity contribution in [3.63, 3.8) is 0 Å². The molecule has 4 heteroatoms. The number of rotatable bonds is 3. The van der Waals surface area contributed by atoms with E-state index in [4.69, 9.17) is 0 Å². The molecule has 0 bridgehead atoms. The average molecular weight is 285 g/mol. The minimum Gasteiger partial charge on any atom is -0.369 e. The molecule has 0 atom stereocenters. The van der Waals surface area contributed by atoms with Gasteiger partial charge in [-0.2, -0.15) is 4.39 Å². The lowest BCUT2D eigenvalue weighted by Gasteiger charge is -2.36. The van der Waals surface area contributed by atoms with Crippen molar-refractivity contribution in [3.8, 4) is 0 Å². The third-order valence-corrected chi connectivity index (χ3v) is 3.97. The first-order valence-electron chi connectivity index (χ1n) is 7.35. The zero-order valence-corrected chi connectivity index (χ0v) is 12.3. The number of pyridine rings is 1. The second kappa shape index (κ2) is 6.22. The molecule has 1 aliphatic rings. The maximum atomic E-state index is 13.2. The predicted molar refractivity (Wildman–Crippen MR) is 82.9 cm³/mol. The first-order valence-corrected chi connectivity index (χ1v) is 7.35. The fourth-order valence-electron chi connectivity index (χ4n) is 2.70. The summed E-state index contributed by atoms with van der Waals surface area (Å²) in [5, 5.41) is 0. The van der Waals surface area contributed by atoms with Crippen molar-refractivity contribution in [3.05, 3.63) is 59.7 Å². The van der Waals surface area contributed by atoms with Crippen LogP contribution in [0.4, 0.5) is 10.1 Å². The molecule has 2 heterocycles. The van der Waals surface area contributed by atoms with Crippen molar-refractivity contribution in [2.24, 2.45) is 0 Å². The molecule has 1 saturated heterocycles. The van der Waals surface area contributed by atoms with Gasteiger partial charge in [0.25, 0.3) is 0 Å². The van der Waals surface area contributed by atoms with E-state index in [1.54, 1.807) is 0 Å². The molecule has 0 spiro atoms. The van der Waals surface area contributed by atoms with Crippen molar-refractivity contribution in [2.75, 3.05) is 31.1 Å². The van der Waals surface area contributed by atoms with E-state index in [1.807, 2.05) is 6.07 Å². The summed E-state index contributed by atoms with van der Waals surface area (Å²) in [6.45, 7) is 6.94. The summed E-state index contributed by atoms with van der Waals surface area (Å²) in [6.07, 6.45) is 1.53. The Morgan fingerprint density at radius 1 is 1.05 bits per heavy atom. The minimum absolute atomic E-state index is 0.408. The van der Waals surface area contributed by atoms with E-state index < -0.39 is 5.95 Å². The molecule has 3 rings (SSSR count). The van der Waals surface area contributed by atoms with E-state index >= 15 is 0 Å². The third-order valence-electron chi connectivity index (χ3n) is 3.97. The fraction of sp³-hybridized carbons (Fsp3) is 0.353. The Balaban J connectivity index is 1.56. The average Bonchev–Trinajstić information content (AvgIpc) is 2.50. The molecular formula is C17H20FN3. The molecule has 21 heavy (non-hydrogen) atoms. The molecule has 0 N–H and O–H groups in total. The van der Waals surface area contributed by atoms with Crippen molar-refractivity contribution in [1.29, 1.82) is 0 Å². The Hall–Kier alpha value is -1.94. The number of piperazine rings is 1. The molecule has 0 saturated carbocycles. The molecule has 0 unspecified atom stereocenters. The van der Waals surface area contributed by atoms with Gasteiger partial charge in [-0.15, -0.1) is 0 Å². The molecule has 0 aliphatic carbocycles. The molecule has 110 valence electrons. The van der Waals surface area contributed by atoms with Crippen LogP contribution >= 0.6 is 0 Å². The smallest absolute Gasteiger partial charge is 0.214 e. The lowest BCUT2D eigenvalue weighted by molar-refractivity contribution is 0.250. The number of halogens is 1. The number of benzene rings is 1. The zero-order chi connectivity index (χ0) is 14.7. The van der Waals surface area contributed by atoms with Crippen LogP contribution in [0.25, 0.3) is 0 Å². The highest BCUT2D eigenvalue weighted by molar-refractivity contribution is 5.45. The van der Waals surface area contributed by atoms with Crippen LogP contribution in [0, 0.1) is 12.9 Å². The topological polar surface area (TPSA) is 19.4 Å². The van der Waals surface area contributed by atoms with Crippen LogP contribution in [0.2, 0.25) is 0 Å². The molecule has 1 aromatic carbocycles. The summed E-state index contributed by atoms with van der Waals surface area (Å²) in [5.74, 6) is -0.408.